The van der Waals surface area contributed by atoms with Crippen molar-refractivity contribution in [3.63, 3.8) is 0 Å². The maximum atomic E-state index is 13.3. The Kier molecular flexibility index (Phi) is 6.12. The van der Waals surface area contributed by atoms with Crippen LogP contribution in [0.3, 0.4) is 0 Å². The predicted molar refractivity (Wildman–Crippen MR) is 117 cm³/mol. The highest BCUT2D eigenvalue weighted by molar-refractivity contribution is 5.99. The molecule has 1 amide bonds. The van der Waals surface area contributed by atoms with Crippen LogP contribution in [0.15, 0.2) is 36.5 Å². The van der Waals surface area contributed by atoms with Gasteiger partial charge in [-0.25, -0.2) is 4.39 Å². The van der Waals surface area contributed by atoms with Crippen molar-refractivity contribution in [2.24, 2.45) is 0 Å². The average molecular weight is 442 g/mol. The fourth-order valence-electron chi connectivity index (χ4n) is 3.82. The van der Waals surface area contributed by atoms with Crippen LogP contribution in [0.4, 0.5) is 4.39 Å². The van der Waals surface area contributed by atoms with E-state index in [2.05, 4.69) is 10.3 Å². The van der Waals surface area contributed by atoms with Crippen molar-refractivity contribution in [1.82, 2.24) is 20.1 Å². The van der Waals surface area contributed by atoms with Crippen LogP contribution >= 0.6 is 0 Å². The number of aromatic nitrogens is 3. The number of carbonyl (C=O) groups is 1. The highest BCUT2D eigenvalue weighted by Gasteiger charge is 2.36. The fraction of sp³-hybridized carbons (Fsp3) is 0.435. The number of nitrogens with zero attached hydrogens (tertiary/aromatic N) is 3. The Morgan fingerprint density at radius 2 is 2.19 bits per heavy atom. The maximum Gasteiger partial charge on any atom is 0.253 e. The van der Waals surface area contributed by atoms with E-state index in [1.807, 2.05) is 19.9 Å². The monoisotopic (exact) mass is 442 g/mol. The number of ether oxygens (including phenoxy) is 2. The molecular weight excluding hydrogens is 415 g/mol. The SMILES string of the molecule is CC(F)Oc1cccc(-c2nn(C(C)C)c3cc(C(=O)N[C@@]4(CO)CCOC4)cnc23)c1. The second kappa shape index (κ2) is 8.84. The number of halogens is 1. The lowest BCUT2D eigenvalue weighted by molar-refractivity contribution is 0.0789. The molecule has 3 heterocycles. The summed E-state index contributed by atoms with van der Waals surface area (Å²) >= 11 is 0. The van der Waals surface area contributed by atoms with Gasteiger partial charge in [-0.1, -0.05) is 12.1 Å². The lowest BCUT2D eigenvalue weighted by Gasteiger charge is -2.26. The van der Waals surface area contributed by atoms with Gasteiger partial charge >= 0.3 is 0 Å². The molecular formula is C23H27FN4O4. The van der Waals surface area contributed by atoms with Crippen molar-refractivity contribution >= 4 is 16.9 Å². The molecule has 2 atom stereocenters. The Hall–Kier alpha value is -3.04. The van der Waals surface area contributed by atoms with E-state index in [1.54, 1.807) is 28.9 Å². The molecule has 1 saturated heterocycles. The van der Waals surface area contributed by atoms with E-state index in [9.17, 15) is 14.3 Å². The molecule has 1 aliphatic heterocycles. The van der Waals surface area contributed by atoms with E-state index in [1.165, 1.54) is 13.1 Å². The van der Waals surface area contributed by atoms with Gasteiger partial charge in [0.2, 0.25) is 6.36 Å². The van der Waals surface area contributed by atoms with E-state index in [-0.39, 0.29) is 25.2 Å². The zero-order valence-corrected chi connectivity index (χ0v) is 18.3. The van der Waals surface area contributed by atoms with E-state index < -0.39 is 11.9 Å². The average Bonchev–Trinajstić information content (AvgIpc) is 3.38. The third-order valence-corrected chi connectivity index (χ3v) is 5.49. The molecule has 9 heteroatoms. The Labute approximate surface area is 185 Å². The zero-order chi connectivity index (χ0) is 22.9. The number of hydrogen-bond donors (Lipinski definition) is 2. The van der Waals surface area contributed by atoms with Gasteiger partial charge in [-0.15, -0.1) is 0 Å². The summed E-state index contributed by atoms with van der Waals surface area (Å²) in [6, 6.07) is 8.79. The lowest BCUT2D eigenvalue weighted by atomic mass is 9.99. The van der Waals surface area contributed by atoms with Gasteiger partial charge < -0.3 is 19.9 Å². The number of carbonyl (C=O) groups excluding carboxylic acids is 1. The third-order valence-electron chi connectivity index (χ3n) is 5.49. The van der Waals surface area contributed by atoms with Crippen molar-refractivity contribution in [2.45, 2.75) is 45.1 Å². The van der Waals surface area contributed by atoms with Crippen LogP contribution < -0.4 is 10.1 Å². The summed E-state index contributed by atoms with van der Waals surface area (Å²) < 4.78 is 25.6. The number of benzene rings is 1. The summed E-state index contributed by atoms with van der Waals surface area (Å²) in [5.74, 6) is 0.0677. The third kappa shape index (κ3) is 4.31. The van der Waals surface area contributed by atoms with Crippen molar-refractivity contribution < 1.29 is 23.8 Å². The molecule has 1 fully saturated rings. The van der Waals surface area contributed by atoms with Gasteiger partial charge in [0.15, 0.2) is 0 Å². The van der Waals surface area contributed by atoms with Crippen LogP contribution in [0.5, 0.6) is 5.75 Å². The smallest absolute Gasteiger partial charge is 0.253 e. The highest BCUT2D eigenvalue weighted by atomic mass is 19.1. The number of pyridine rings is 1. The lowest BCUT2D eigenvalue weighted by Crippen LogP contribution is -2.52. The molecule has 1 unspecified atom stereocenters. The topological polar surface area (TPSA) is 98.5 Å². The molecule has 0 spiro atoms. The minimum absolute atomic E-state index is 0.0173. The van der Waals surface area contributed by atoms with Gasteiger partial charge in [0, 0.05) is 31.3 Å². The summed E-state index contributed by atoms with van der Waals surface area (Å²) in [5, 5.41) is 17.4. The van der Waals surface area contributed by atoms with Crippen LogP contribution in [0.25, 0.3) is 22.3 Å². The number of nitrogens with one attached hydrogen (secondary N) is 1. The summed E-state index contributed by atoms with van der Waals surface area (Å²) in [6.07, 6.45) is 0.620. The molecule has 0 saturated carbocycles. The molecule has 32 heavy (non-hydrogen) atoms. The van der Waals surface area contributed by atoms with Crippen LogP contribution in [0.1, 0.15) is 43.6 Å². The second-order valence-electron chi connectivity index (χ2n) is 8.36. The van der Waals surface area contributed by atoms with Crippen molar-refractivity contribution in [3.8, 4) is 17.0 Å². The summed E-state index contributed by atoms with van der Waals surface area (Å²) in [6.45, 7) is 5.87. The number of fused-ring (bicyclic) bond motifs is 1. The summed E-state index contributed by atoms with van der Waals surface area (Å²) in [5.41, 5.74) is 2.28. The van der Waals surface area contributed by atoms with Crippen molar-refractivity contribution in [2.75, 3.05) is 19.8 Å². The molecule has 4 rings (SSSR count). The largest absolute Gasteiger partial charge is 0.461 e. The van der Waals surface area contributed by atoms with Crippen molar-refractivity contribution in [3.05, 3.63) is 42.1 Å². The van der Waals surface area contributed by atoms with Crippen LogP contribution in [-0.2, 0) is 4.74 Å². The number of amides is 1. The van der Waals surface area contributed by atoms with Gasteiger partial charge in [0.05, 0.1) is 29.8 Å². The number of hydrogen-bond acceptors (Lipinski definition) is 6. The molecule has 3 aromatic rings. The molecule has 0 radical (unpaired) electrons. The molecule has 1 aliphatic rings. The predicted octanol–water partition coefficient (Wildman–Crippen LogP) is 3.25. The first-order valence-electron chi connectivity index (χ1n) is 10.6. The number of rotatable bonds is 7. The van der Waals surface area contributed by atoms with Crippen LogP contribution in [0, 0.1) is 0 Å². The standard InChI is InChI=1S/C23H27FN4O4/c1-14(2)28-19-10-17(22(30)26-23(12-29)7-8-31-13-23)11-25-21(19)20(27-28)16-5-4-6-18(9-16)32-15(3)24/h4-6,9-11,14-15,29H,7-8,12-13H2,1-3H3,(H,26,30)/t15?,23-/m1/s1. The van der Waals surface area contributed by atoms with Gasteiger partial charge in [0.1, 0.15) is 17.0 Å². The molecule has 2 aromatic heterocycles. The molecule has 0 bridgehead atoms. The minimum Gasteiger partial charge on any atom is -0.461 e. The van der Waals surface area contributed by atoms with E-state index >= 15 is 0 Å². The second-order valence-corrected chi connectivity index (χ2v) is 8.36. The Balaban J connectivity index is 1.72. The highest BCUT2D eigenvalue weighted by Crippen LogP contribution is 2.31. The minimum atomic E-state index is -1.43. The molecule has 170 valence electrons. The summed E-state index contributed by atoms with van der Waals surface area (Å²) in [7, 11) is 0. The number of aliphatic hydroxyl groups excluding tert-OH is 1. The number of alkyl halides is 1. The molecule has 0 aliphatic carbocycles. The van der Waals surface area contributed by atoms with Crippen LogP contribution in [0.2, 0.25) is 0 Å². The molecule has 1 aromatic carbocycles. The quantitative estimate of drug-likeness (QED) is 0.583. The van der Waals surface area contributed by atoms with Gasteiger partial charge in [-0.2, -0.15) is 5.10 Å². The van der Waals surface area contributed by atoms with E-state index in [0.717, 1.165) is 5.56 Å². The molecule has 2 N–H and O–H groups in total. The van der Waals surface area contributed by atoms with E-state index in [4.69, 9.17) is 14.6 Å². The first-order chi connectivity index (χ1) is 15.3. The fourth-order valence-corrected chi connectivity index (χ4v) is 3.82. The van der Waals surface area contributed by atoms with Gasteiger partial charge in [-0.05, 0) is 38.5 Å². The Morgan fingerprint density at radius 1 is 1.38 bits per heavy atom. The van der Waals surface area contributed by atoms with Crippen LogP contribution in [-0.4, -0.2) is 57.5 Å². The van der Waals surface area contributed by atoms with Crippen molar-refractivity contribution in [1.29, 1.82) is 0 Å². The first kappa shape index (κ1) is 22.2. The normalized spacial score (nSPS) is 19.4. The first-order valence-corrected chi connectivity index (χ1v) is 10.6. The maximum absolute atomic E-state index is 13.3. The summed E-state index contributed by atoms with van der Waals surface area (Å²) in [4.78, 5) is 17.5. The van der Waals surface area contributed by atoms with Gasteiger partial charge in [0.25, 0.3) is 5.91 Å². The molecule has 8 nitrogen and oxygen atoms in total. The van der Waals surface area contributed by atoms with Gasteiger partial charge in [-0.3, -0.25) is 14.5 Å². The Bertz CT molecular complexity index is 1120. The van der Waals surface area contributed by atoms with E-state index in [0.29, 0.717) is 41.1 Å². The zero-order valence-electron chi connectivity index (χ0n) is 18.3. The Morgan fingerprint density at radius 3 is 2.84 bits per heavy atom. The number of aliphatic hydroxyl groups is 1.